The molecule has 22 heavy (non-hydrogen) atoms. The third-order valence-electron chi connectivity index (χ3n) is 5.59. The van der Waals surface area contributed by atoms with Crippen LogP contribution in [0.1, 0.15) is 31.2 Å². The van der Waals surface area contributed by atoms with E-state index in [0.717, 1.165) is 37.8 Å². The van der Waals surface area contributed by atoms with E-state index in [2.05, 4.69) is 11.9 Å². The van der Waals surface area contributed by atoms with E-state index in [1.54, 1.807) is 0 Å². The summed E-state index contributed by atoms with van der Waals surface area (Å²) in [6, 6.07) is 4.20. The summed E-state index contributed by atoms with van der Waals surface area (Å²) in [6.45, 7) is 0.977. The number of likely N-dealkylation sites (N-methyl/N-ethyl adjacent to an activating group) is 1. The Bertz CT molecular complexity index is 566. The summed E-state index contributed by atoms with van der Waals surface area (Å²) in [4.78, 5) is 2.33. The Kier molecular flexibility index (Phi) is 4.03. The minimum atomic E-state index is -0.280. The summed E-state index contributed by atoms with van der Waals surface area (Å²) in [5.74, 6) is 0.366. The van der Waals surface area contributed by atoms with Gasteiger partial charge >= 0.3 is 0 Å². The zero-order valence-electron chi connectivity index (χ0n) is 13.6. The van der Waals surface area contributed by atoms with Crippen molar-refractivity contribution < 1.29 is 13.9 Å². The van der Waals surface area contributed by atoms with Crippen LogP contribution in [0.4, 0.5) is 4.39 Å². The van der Waals surface area contributed by atoms with Crippen molar-refractivity contribution in [2.45, 2.75) is 43.2 Å². The summed E-state index contributed by atoms with van der Waals surface area (Å²) in [5, 5.41) is 0. The molecule has 0 radical (unpaired) electrons. The fourth-order valence-corrected chi connectivity index (χ4v) is 4.39. The zero-order valence-corrected chi connectivity index (χ0v) is 13.6. The highest BCUT2D eigenvalue weighted by Gasteiger charge is 2.51. The van der Waals surface area contributed by atoms with Gasteiger partial charge in [0.2, 0.25) is 0 Å². The van der Waals surface area contributed by atoms with E-state index < -0.39 is 0 Å². The molecule has 122 valence electrons. The first-order valence-electron chi connectivity index (χ1n) is 7.90. The Hall–Kier alpha value is -1.33. The monoisotopic (exact) mass is 308 g/mol. The number of fused-ring (bicyclic) bond motifs is 1. The predicted molar refractivity (Wildman–Crippen MR) is 84.0 cm³/mol. The second-order valence-corrected chi connectivity index (χ2v) is 6.60. The van der Waals surface area contributed by atoms with Gasteiger partial charge in [-0.2, -0.15) is 0 Å². The number of nitrogens with zero attached hydrogens (tertiary/aromatic N) is 1. The topological polar surface area (TPSA) is 47.7 Å². The van der Waals surface area contributed by atoms with Crippen molar-refractivity contribution in [1.29, 1.82) is 0 Å². The van der Waals surface area contributed by atoms with Crippen molar-refractivity contribution in [3.8, 4) is 11.5 Å². The van der Waals surface area contributed by atoms with E-state index in [9.17, 15) is 0 Å². The fraction of sp³-hybridized carbons (Fsp3) is 0.647. The quantitative estimate of drug-likeness (QED) is 0.931. The molecule has 1 heterocycles. The first-order valence-corrected chi connectivity index (χ1v) is 7.90. The lowest BCUT2D eigenvalue weighted by atomic mass is 9.65. The second-order valence-electron chi connectivity index (χ2n) is 6.60. The Labute approximate surface area is 131 Å². The largest absolute Gasteiger partial charge is 0.493 e. The summed E-state index contributed by atoms with van der Waals surface area (Å²) in [6.07, 6.45) is 3.76. The first-order chi connectivity index (χ1) is 10.5. The van der Waals surface area contributed by atoms with Crippen molar-refractivity contribution in [1.82, 2.24) is 4.90 Å². The molecule has 1 aliphatic carbocycles. The highest BCUT2D eigenvalue weighted by atomic mass is 19.1. The molecule has 4 nitrogen and oxygen atoms in total. The van der Waals surface area contributed by atoms with Crippen LogP contribution in [0.2, 0.25) is 0 Å². The van der Waals surface area contributed by atoms with Gasteiger partial charge in [-0.05, 0) is 50.9 Å². The molecule has 5 heteroatoms. The standard InChI is InChI=1S/C17H25FN2O2/c1-20-9-8-17(7-6-11(19)10-14(17)20)12-4-5-13(21-2)16(22-3)15(12)18/h4-5,11,14H,6-10,19H2,1-3H3/t11-,14+,17-/m0/s1. The molecule has 0 bridgehead atoms. The number of hydrogen-bond donors (Lipinski definition) is 1. The molecule has 0 amide bonds. The fourth-order valence-electron chi connectivity index (χ4n) is 4.39. The number of ether oxygens (including phenoxy) is 2. The van der Waals surface area contributed by atoms with Gasteiger partial charge in [0.25, 0.3) is 0 Å². The van der Waals surface area contributed by atoms with Gasteiger partial charge < -0.3 is 20.1 Å². The lowest BCUT2D eigenvalue weighted by Gasteiger charge is -2.44. The van der Waals surface area contributed by atoms with Gasteiger partial charge in [-0.3, -0.25) is 0 Å². The molecule has 3 rings (SSSR count). The van der Waals surface area contributed by atoms with Crippen LogP contribution in [0.5, 0.6) is 11.5 Å². The summed E-state index contributed by atoms with van der Waals surface area (Å²) >= 11 is 0. The highest BCUT2D eigenvalue weighted by molar-refractivity contribution is 5.48. The van der Waals surface area contributed by atoms with Gasteiger partial charge in [-0.1, -0.05) is 6.07 Å². The van der Waals surface area contributed by atoms with Crippen molar-refractivity contribution in [2.75, 3.05) is 27.8 Å². The van der Waals surface area contributed by atoms with Gasteiger partial charge in [0.05, 0.1) is 14.2 Å². The molecule has 3 atom stereocenters. The lowest BCUT2D eigenvalue weighted by Crippen LogP contribution is -2.49. The normalized spacial score (nSPS) is 31.9. The Morgan fingerprint density at radius 2 is 2.05 bits per heavy atom. The molecule has 2 N–H and O–H groups in total. The average molecular weight is 308 g/mol. The van der Waals surface area contributed by atoms with Crippen molar-refractivity contribution in [2.24, 2.45) is 5.73 Å². The minimum Gasteiger partial charge on any atom is -0.493 e. The molecular weight excluding hydrogens is 283 g/mol. The summed E-state index contributed by atoms with van der Waals surface area (Å²) in [5.41, 5.74) is 6.76. The maximum Gasteiger partial charge on any atom is 0.197 e. The minimum absolute atomic E-state index is 0.158. The van der Waals surface area contributed by atoms with Gasteiger partial charge in [0, 0.05) is 17.5 Å². The van der Waals surface area contributed by atoms with Crippen LogP contribution >= 0.6 is 0 Å². The van der Waals surface area contributed by atoms with E-state index in [4.69, 9.17) is 15.2 Å². The molecule has 1 aliphatic heterocycles. The Morgan fingerprint density at radius 1 is 1.27 bits per heavy atom. The number of halogens is 1. The van der Waals surface area contributed by atoms with Gasteiger partial charge in [-0.25, -0.2) is 4.39 Å². The van der Waals surface area contributed by atoms with E-state index in [1.807, 2.05) is 12.1 Å². The number of hydrogen-bond acceptors (Lipinski definition) is 4. The molecule has 2 fully saturated rings. The molecular formula is C17H25FN2O2. The van der Waals surface area contributed by atoms with Gasteiger partial charge in [-0.15, -0.1) is 0 Å². The Morgan fingerprint density at radius 3 is 2.73 bits per heavy atom. The van der Waals surface area contributed by atoms with Crippen LogP contribution in [0, 0.1) is 5.82 Å². The SMILES string of the molecule is COc1ccc([C@@]23CC[C@H](N)C[C@H]2N(C)CC3)c(F)c1OC. The van der Waals surface area contributed by atoms with Crippen molar-refractivity contribution in [3.05, 3.63) is 23.5 Å². The molecule has 1 aromatic carbocycles. The molecule has 2 aliphatic rings. The van der Waals surface area contributed by atoms with E-state index in [-0.39, 0.29) is 23.0 Å². The van der Waals surface area contributed by atoms with Gasteiger partial charge in [0.1, 0.15) is 0 Å². The number of methoxy groups -OCH3 is 2. The molecule has 0 spiro atoms. The van der Waals surface area contributed by atoms with Crippen LogP contribution in [0.3, 0.4) is 0 Å². The molecule has 1 saturated heterocycles. The van der Waals surface area contributed by atoms with Crippen LogP contribution in [0.25, 0.3) is 0 Å². The number of rotatable bonds is 3. The molecule has 0 aromatic heterocycles. The zero-order chi connectivity index (χ0) is 15.9. The van der Waals surface area contributed by atoms with E-state index in [0.29, 0.717) is 11.8 Å². The molecule has 0 unspecified atom stereocenters. The van der Waals surface area contributed by atoms with Crippen LogP contribution in [-0.2, 0) is 5.41 Å². The van der Waals surface area contributed by atoms with E-state index in [1.165, 1.54) is 14.2 Å². The number of benzene rings is 1. The van der Waals surface area contributed by atoms with Crippen molar-refractivity contribution >= 4 is 0 Å². The van der Waals surface area contributed by atoms with Crippen molar-refractivity contribution in [3.63, 3.8) is 0 Å². The number of nitrogens with two attached hydrogens (primary N) is 1. The predicted octanol–water partition coefficient (Wildman–Crippen LogP) is 2.30. The third kappa shape index (κ3) is 2.18. The Balaban J connectivity index is 2.09. The third-order valence-corrected chi connectivity index (χ3v) is 5.59. The highest BCUT2D eigenvalue weighted by Crippen LogP contribution is 2.50. The smallest absolute Gasteiger partial charge is 0.197 e. The average Bonchev–Trinajstić information content (AvgIpc) is 2.85. The molecule has 1 aromatic rings. The number of likely N-dealkylation sites (tertiary alicyclic amines) is 1. The second kappa shape index (κ2) is 5.70. The van der Waals surface area contributed by atoms with Gasteiger partial charge in [0.15, 0.2) is 17.3 Å². The van der Waals surface area contributed by atoms with Crippen LogP contribution in [-0.4, -0.2) is 44.8 Å². The first kappa shape index (κ1) is 15.6. The maximum absolute atomic E-state index is 15.1. The maximum atomic E-state index is 15.1. The summed E-state index contributed by atoms with van der Waals surface area (Å²) in [7, 11) is 5.13. The van der Waals surface area contributed by atoms with Crippen LogP contribution in [0.15, 0.2) is 12.1 Å². The van der Waals surface area contributed by atoms with Crippen LogP contribution < -0.4 is 15.2 Å². The summed E-state index contributed by atoms with van der Waals surface area (Å²) < 4.78 is 25.6. The molecule has 1 saturated carbocycles. The lowest BCUT2D eigenvalue weighted by molar-refractivity contribution is 0.163. The van der Waals surface area contributed by atoms with E-state index >= 15 is 4.39 Å².